The molecule has 0 aliphatic rings. The van der Waals surface area contributed by atoms with Gasteiger partial charge >= 0.3 is 0 Å². The first-order valence-corrected chi connectivity index (χ1v) is 6.09. The van der Waals surface area contributed by atoms with Gasteiger partial charge in [0.05, 0.1) is 6.10 Å². The molecule has 1 nitrogen and oxygen atoms in total. The van der Waals surface area contributed by atoms with Crippen molar-refractivity contribution in [2.75, 3.05) is 0 Å². The normalized spacial score (nSPS) is 12.9. The van der Waals surface area contributed by atoms with Crippen LogP contribution in [0.1, 0.15) is 23.8 Å². The van der Waals surface area contributed by atoms with Crippen molar-refractivity contribution in [2.45, 2.75) is 18.9 Å². The fourth-order valence-corrected chi connectivity index (χ4v) is 3.45. The Bertz CT molecular complexity index is 432. The lowest BCUT2D eigenvalue weighted by molar-refractivity contribution is 0.173. The molecule has 2 heterocycles. The van der Waals surface area contributed by atoms with Gasteiger partial charge < -0.3 is 5.11 Å². The summed E-state index contributed by atoms with van der Waals surface area (Å²) < 4.78 is 2.51. The highest BCUT2D eigenvalue weighted by Gasteiger charge is 2.10. The number of hydrogen-bond acceptors (Lipinski definition) is 3. The van der Waals surface area contributed by atoms with E-state index in [9.17, 15) is 5.11 Å². The Balaban J connectivity index is 2.18. The second-order valence-corrected chi connectivity index (χ2v) is 5.12. The topological polar surface area (TPSA) is 20.2 Å². The van der Waals surface area contributed by atoms with Crippen molar-refractivity contribution in [3.8, 4) is 12.3 Å². The van der Waals surface area contributed by atoms with Crippen LogP contribution in [-0.4, -0.2) is 5.11 Å². The second-order valence-electron chi connectivity index (χ2n) is 3.06. The maximum Gasteiger partial charge on any atom is 0.0891 e. The lowest BCUT2D eigenvalue weighted by atomic mass is 10.2. The largest absolute Gasteiger partial charge is 0.388 e. The van der Waals surface area contributed by atoms with Crippen LogP contribution in [0.5, 0.6) is 0 Å². The van der Waals surface area contributed by atoms with Crippen molar-refractivity contribution in [1.29, 1.82) is 0 Å². The number of hydrogen-bond donors (Lipinski definition) is 1. The highest BCUT2D eigenvalue weighted by Crippen LogP contribution is 2.34. The van der Waals surface area contributed by atoms with Crippen molar-refractivity contribution in [3.05, 3.63) is 22.4 Å². The number of aliphatic hydroxyl groups is 1. The van der Waals surface area contributed by atoms with Crippen LogP contribution in [0.4, 0.5) is 0 Å². The molecule has 14 heavy (non-hydrogen) atoms. The Morgan fingerprint density at radius 3 is 3.07 bits per heavy atom. The summed E-state index contributed by atoms with van der Waals surface area (Å²) in [5, 5.41) is 11.9. The van der Waals surface area contributed by atoms with Gasteiger partial charge in [-0.3, -0.25) is 0 Å². The van der Waals surface area contributed by atoms with Crippen LogP contribution < -0.4 is 0 Å². The minimum Gasteiger partial charge on any atom is -0.388 e. The lowest BCUT2D eigenvalue weighted by Crippen LogP contribution is -1.92. The summed E-state index contributed by atoms with van der Waals surface area (Å²) in [6, 6.07) is 4.15. The third-order valence-electron chi connectivity index (χ3n) is 2.05. The second kappa shape index (κ2) is 4.14. The van der Waals surface area contributed by atoms with Gasteiger partial charge in [0.2, 0.25) is 0 Å². The van der Waals surface area contributed by atoms with E-state index in [1.165, 1.54) is 9.40 Å². The summed E-state index contributed by atoms with van der Waals surface area (Å²) >= 11 is 3.36. The molecular weight excluding hydrogens is 212 g/mol. The van der Waals surface area contributed by atoms with E-state index >= 15 is 0 Å². The summed E-state index contributed by atoms with van der Waals surface area (Å²) in [7, 11) is 0. The third-order valence-corrected chi connectivity index (χ3v) is 4.24. The summed E-state index contributed by atoms with van der Waals surface area (Å²) in [5.74, 6) is 2.54. The van der Waals surface area contributed by atoms with Gasteiger partial charge in [-0.25, -0.2) is 0 Å². The summed E-state index contributed by atoms with van der Waals surface area (Å²) in [4.78, 5) is 1.03. The molecule has 0 amide bonds. The molecule has 0 aliphatic carbocycles. The van der Waals surface area contributed by atoms with E-state index in [0.29, 0.717) is 12.8 Å². The first-order valence-electron chi connectivity index (χ1n) is 4.39. The third kappa shape index (κ3) is 1.83. The molecule has 2 aromatic heterocycles. The van der Waals surface area contributed by atoms with Crippen LogP contribution in [0, 0.1) is 12.3 Å². The number of terminal acetylenes is 1. The molecule has 0 aliphatic heterocycles. The van der Waals surface area contributed by atoms with Crippen LogP contribution in [0.2, 0.25) is 0 Å². The Hall–Kier alpha value is -0.820. The van der Waals surface area contributed by atoms with Gasteiger partial charge in [0.1, 0.15) is 0 Å². The van der Waals surface area contributed by atoms with Crippen molar-refractivity contribution in [2.24, 2.45) is 0 Å². The molecule has 1 unspecified atom stereocenters. The molecule has 2 rings (SSSR count). The summed E-state index contributed by atoms with van der Waals surface area (Å²) in [6.45, 7) is 0. The van der Waals surface area contributed by atoms with Crippen molar-refractivity contribution >= 4 is 32.1 Å². The molecule has 1 atom stereocenters. The van der Waals surface area contributed by atoms with Crippen LogP contribution in [0.15, 0.2) is 17.5 Å². The van der Waals surface area contributed by atoms with Gasteiger partial charge in [0, 0.05) is 20.7 Å². The molecule has 0 aromatic carbocycles. The zero-order chi connectivity index (χ0) is 9.97. The summed E-state index contributed by atoms with van der Waals surface area (Å²) in [6.07, 6.45) is 6.05. The van der Waals surface area contributed by atoms with Gasteiger partial charge in [0.15, 0.2) is 0 Å². The van der Waals surface area contributed by atoms with Gasteiger partial charge in [-0.1, -0.05) is 0 Å². The number of rotatable bonds is 3. The molecule has 0 fully saturated rings. The van der Waals surface area contributed by atoms with Crippen LogP contribution in [0.3, 0.4) is 0 Å². The molecule has 0 radical (unpaired) electrons. The maximum absolute atomic E-state index is 9.79. The van der Waals surface area contributed by atoms with Gasteiger partial charge in [-0.15, -0.1) is 35.0 Å². The van der Waals surface area contributed by atoms with Crippen molar-refractivity contribution < 1.29 is 5.11 Å². The quantitative estimate of drug-likeness (QED) is 0.789. The Labute approximate surface area is 91.0 Å². The first-order chi connectivity index (χ1) is 6.81. The molecule has 0 spiro atoms. The minimum atomic E-state index is -0.393. The zero-order valence-electron chi connectivity index (χ0n) is 7.56. The SMILES string of the molecule is C#CCCC(O)c1cc2sccc2s1. The molecule has 0 saturated heterocycles. The zero-order valence-corrected chi connectivity index (χ0v) is 9.20. The van der Waals surface area contributed by atoms with E-state index in [1.54, 1.807) is 22.7 Å². The van der Waals surface area contributed by atoms with E-state index in [-0.39, 0.29) is 0 Å². The standard InChI is InChI=1S/C11H10OS2/c1-2-3-4-8(12)10-7-11-9(14-10)5-6-13-11/h1,5-8,12H,3-4H2. The predicted octanol–water partition coefficient (Wildman–Crippen LogP) is 3.41. The Kier molecular flexibility index (Phi) is 2.87. The lowest BCUT2D eigenvalue weighted by Gasteiger charge is -2.04. The van der Waals surface area contributed by atoms with Crippen LogP contribution >= 0.6 is 22.7 Å². The first kappa shape index (κ1) is 9.72. The number of thiophene rings is 2. The van der Waals surface area contributed by atoms with Crippen molar-refractivity contribution in [1.82, 2.24) is 0 Å². The highest BCUT2D eigenvalue weighted by molar-refractivity contribution is 7.26. The van der Waals surface area contributed by atoms with E-state index < -0.39 is 6.10 Å². The molecule has 72 valence electrons. The average Bonchev–Trinajstić information content (AvgIpc) is 2.72. The molecule has 0 bridgehead atoms. The van der Waals surface area contributed by atoms with E-state index in [1.807, 2.05) is 0 Å². The smallest absolute Gasteiger partial charge is 0.0891 e. The van der Waals surface area contributed by atoms with Crippen LogP contribution in [-0.2, 0) is 0 Å². The molecule has 3 heteroatoms. The van der Waals surface area contributed by atoms with Gasteiger partial charge in [0.25, 0.3) is 0 Å². The predicted molar refractivity (Wildman–Crippen MR) is 62.7 cm³/mol. The molecular formula is C11H10OS2. The molecule has 1 N–H and O–H groups in total. The fraction of sp³-hybridized carbons (Fsp3) is 0.273. The van der Waals surface area contributed by atoms with Gasteiger partial charge in [-0.05, 0) is 23.9 Å². The summed E-state index contributed by atoms with van der Waals surface area (Å²) in [5.41, 5.74) is 0. The van der Waals surface area contributed by atoms with Gasteiger partial charge in [-0.2, -0.15) is 0 Å². The van der Waals surface area contributed by atoms with E-state index in [0.717, 1.165) is 4.88 Å². The van der Waals surface area contributed by atoms with Crippen molar-refractivity contribution in [3.63, 3.8) is 0 Å². The Morgan fingerprint density at radius 2 is 2.36 bits per heavy atom. The Morgan fingerprint density at radius 1 is 1.50 bits per heavy atom. The maximum atomic E-state index is 9.79. The monoisotopic (exact) mass is 222 g/mol. The van der Waals surface area contributed by atoms with Crippen LogP contribution in [0.25, 0.3) is 9.40 Å². The van der Waals surface area contributed by atoms with E-state index in [4.69, 9.17) is 6.42 Å². The fourth-order valence-electron chi connectivity index (χ4n) is 1.31. The minimum absolute atomic E-state index is 0.393. The average molecular weight is 222 g/mol. The van der Waals surface area contributed by atoms with E-state index in [2.05, 4.69) is 23.4 Å². The highest BCUT2D eigenvalue weighted by atomic mass is 32.1. The molecule has 0 saturated carbocycles. The number of fused-ring (bicyclic) bond motifs is 1. The molecule has 2 aromatic rings. The number of aliphatic hydroxyl groups excluding tert-OH is 1.